The van der Waals surface area contributed by atoms with Crippen molar-refractivity contribution in [3.63, 3.8) is 0 Å². The van der Waals surface area contributed by atoms with Crippen molar-refractivity contribution in [2.24, 2.45) is 11.8 Å². The van der Waals surface area contributed by atoms with E-state index >= 15 is 0 Å². The number of hydrogen-bond donors (Lipinski definition) is 9. The summed E-state index contributed by atoms with van der Waals surface area (Å²) < 4.78 is 46.1. The van der Waals surface area contributed by atoms with Crippen molar-refractivity contribution in [2.75, 3.05) is 142 Å². The van der Waals surface area contributed by atoms with Gasteiger partial charge in [-0.1, -0.05) is 43.3 Å². The molecule has 3 unspecified atom stereocenters. The van der Waals surface area contributed by atoms with Crippen LogP contribution in [0.1, 0.15) is 37.0 Å². The summed E-state index contributed by atoms with van der Waals surface area (Å²) in [6.45, 7) is -1.12. The van der Waals surface area contributed by atoms with Gasteiger partial charge in [0.2, 0.25) is 0 Å². The molecule has 0 bridgehead atoms. The van der Waals surface area contributed by atoms with Crippen molar-refractivity contribution in [2.45, 2.75) is 138 Å². The van der Waals surface area contributed by atoms with Crippen molar-refractivity contribution in [1.29, 1.82) is 0 Å². The van der Waals surface area contributed by atoms with Gasteiger partial charge in [0.15, 0.2) is 6.29 Å². The number of rotatable bonds is 40. The van der Waals surface area contributed by atoms with Crippen LogP contribution >= 0.6 is 0 Å². The molecule has 560 valence electrons. The van der Waals surface area contributed by atoms with E-state index in [4.69, 9.17) is 33.2 Å². The predicted octanol–water partition coefficient (Wildman–Crippen LogP) is 0.218. The number of carboxylic acid groups (broad SMARTS) is 3. The third-order valence-electron chi connectivity index (χ3n) is 17.8. The number of carboxylic acids is 3. The Bertz CT molecular complexity index is 3120. The average Bonchev–Trinajstić information content (AvgIpc) is 0.759. The van der Waals surface area contributed by atoms with E-state index in [1.165, 1.54) is 72.8 Å². The largest absolute Gasteiger partial charge is 0.480 e. The lowest BCUT2D eigenvalue weighted by Gasteiger charge is -2.54. The minimum atomic E-state index is -1.96. The highest BCUT2D eigenvalue weighted by Crippen LogP contribution is 2.41. The van der Waals surface area contributed by atoms with Gasteiger partial charge in [0.25, 0.3) is 17.1 Å². The molecule has 1 aliphatic carbocycles. The fraction of sp³-hybridized carbons (Fsp3) is 0.682. The van der Waals surface area contributed by atoms with Gasteiger partial charge >= 0.3 is 17.9 Å². The first-order valence-electron chi connectivity index (χ1n) is 33.1. The zero-order valence-corrected chi connectivity index (χ0v) is 58.7. The Morgan fingerprint density at radius 3 is 1.19 bits per heavy atom. The molecule has 2 heterocycles. The molecular weight excluding hydrogens is 1320 g/mol. The van der Waals surface area contributed by atoms with Crippen LogP contribution in [-0.2, 0) is 67.2 Å². The summed E-state index contributed by atoms with van der Waals surface area (Å²) in [4.78, 5) is 75.2. The van der Waals surface area contributed by atoms with Gasteiger partial charge in [-0.3, -0.25) is 45.0 Å². The molecule has 2 saturated heterocycles. The molecule has 6 rings (SSSR count). The van der Waals surface area contributed by atoms with Gasteiger partial charge in [0, 0.05) is 75.7 Å². The number of ether oxygens (including phenoxy) is 7. The molecule has 3 fully saturated rings. The number of likely N-dealkylation sites (N-methyl/N-ethyl adjacent to an activating group) is 3. The summed E-state index contributed by atoms with van der Waals surface area (Å²) in [6.07, 6.45) is -19.1. The molecule has 3 aliphatic rings. The number of hydrogen-bond acceptors (Lipinski definition) is 25. The van der Waals surface area contributed by atoms with Crippen LogP contribution in [0.2, 0.25) is 0 Å². The number of nitrogens with zero attached hydrogens (tertiary/aromatic N) is 9. The summed E-state index contributed by atoms with van der Waals surface area (Å²) >= 11 is 0. The van der Waals surface area contributed by atoms with Gasteiger partial charge in [-0.05, 0) is 41.9 Å². The first-order valence-corrected chi connectivity index (χ1v) is 33.1. The van der Waals surface area contributed by atoms with Gasteiger partial charge in [-0.25, -0.2) is 14.4 Å². The van der Waals surface area contributed by atoms with Crippen molar-refractivity contribution in [3.05, 3.63) is 120 Å². The van der Waals surface area contributed by atoms with Crippen LogP contribution in [0.3, 0.4) is 0 Å². The van der Waals surface area contributed by atoms with Gasteiger partial charge in [0.05, 0.1) is 134 Å². The normalized spacial score (nSPS) is 27.1. The number of aliphatic hydroxyl groups is 6. The molecule has 34 heteroatoms. The van der Waals surface area contributed by atoms with Gasteiger partial charge < -0.3 is 92.6 Å². The van der Waals surface area contributed by atoms with E-state index in [2.05, 4.69) is 0 Å². The topological polar surface area (TPSA) is 437 Å². The molecule has 1 saturated carbocycles. The monoisotopic (exact) mass is 1420 g/mol. The number of benzene rings is 3. The second-order valence-electron chi connectivity index (χ2n) is 29.6. The number of nitro benzene ring substituents is 3. The number of aliphatic hydroxyl groups excluding tert-OH is 6. The third kappa shape index (κ3) is 25.2. The van der Waals surface area contributed by atoms with E-state index in [1.54, 1.807) is 28.5 Å². The maximum atomic E-state index is 13.9. The van der Waals surface area contributed by atoms with Gasteiger partial charge in [-0.2, -0.15) is 0 Å². The minimum Gasteiger partial charge on any atom is -0.480 e. The highest BCUT2D eigenvalue weighted by atomic mass is 16.7. The van der Waals surface area contributed by atoms with Crippen LogP contribution < -0.4 is 0 Å². The van der Waals surface area contributed by atoms with Crippen LogP contribution in [0.15, 0.2) is 72.8 Å². The van der Waals surface area contributed by atoms with Crippen molar-refractivity contribution in [3.8, 4) is 0 Å². The molecule has 0 amide bonds. The zero-order valence-electron chi connectivity index (χ0n) is 58.7. The third-order valence-corrected chi connectivity index (χ3v) is 17.8. The van der Waals surface area contributed by atoms with Crippen LogP contribution in [0.25, 0.3) is 0 Å². The lowest BCUT2D eigenvalue weighted by Crippen LogP contribution is -2.70. The maximum absolute atomic E-state index is 13.9. The molecular formula is C66H104N9O25+3. The molecule has 0 aromatic heterocycles. The predicted molar refractivity (Wildman–Crippen MR) is 356 cm³/mol. The number of non-ortho nitro benzene ring substituents is 3. The van der Waals surface area contributed by atoms with E-state index in [0.29, 0.717) is 21.2 Å². The van der Waals surface area contributed by atoms with Crippen molar-refractivity contribution >= 4 is 35.0 Å². The average molecular weight is 1420 g/mol. The van der Waals surface area contributed by atoms with Crippen molar-refractivity contribution < 1.29 is 122 Å². The molecule has 18 atom stereocenters. The van der Waals surface area contributed by atoms with Crippen molar-refractivity contribution in [1.82, 2.24) is 14.7 Å². The summed E-state index contributed by atoms with van der Waals surface area (Å²) in [7, 11) is 16.6. The van der Waals surface area contributed by atoms with Gasteiger partial charge in [-0.15, -0.1) is 0 Å². The Labute approximate surface area is 581 Å². The smallest absolute Gasteiger partial charge is 0.329 e. The fourth-order valence-electron chi connectivity index (χ4n) is 13.7. The van der Waals surface area contributed by atoms with E-state index in [0.717, 1.165) is 0 Å². The lowest BCUT2D eigenvalue weighted by atomic mass is 9.73. The van der Waals surface area contributed by atoms with E-state index in [-0.39, 0.29) is 98.0 Å². The highest BCUT2D eigenvalue weighted by molar-refractivity contribution is 5.68. The maximum Gasteiger partial charge on any atom is 0.329 e. The molecule has 3 aromatic carbocycles. The van der Waals surface area contributed by atoms with Crippen LogP contribution in [0, 0.1) is 42.2 Å². The standard InChI is InChI=1S/C66H101N9O25/c1-40-45(34-94-37-55(79)80)24-52(59(61(40)85)68(29-50(77)32-74(6,7)8)26-43-14-20-47(21-15-43)71(90)91)98-64-54(36-96-39-57(83)84)99-66(60(63(64)87)69(30-51(78)33-75(9,10)11)27-44-16-22-48(23-17-44)72(92)93)100-65-53(35-95-38-56(81)82)97-41(2)58(62(65)86)67(28-49(76)31-73(3,4)5)25-42-12-18-46(19-13-42)70(88)89/h12-23,40-41,45,49-54,58-66,76-78,85-87H,24-39H2,1-11H3/p+3/t40-,41+,45-,49?,50?,51?,52-,53-,54-,58+,59+,60-,61+,62-,63-,64-,65-,66+/m1/s1. The number of quaternary nitrogens is 3. The number of nitro groups is 3. The second kappa shape index (κ2) is 36.6. The molecule has 0 radical (unpaired) electrons. The van der Waals surface area contributed by atoms with E-state index in [9.17, 15) is 90.7 Å². The van der Waals surface area contributed by atoms with E-state index in [1.807, 2.05) is 63.4 Å². The molecule has 0 spiro atoms. The Morgan fingerprint density at radius 2 is 0.830 bits per heavy atom. The van der Waals surface area contributed by atoms with Gasteiger partial charge in [0.1, 0.15) is 94.4 Å². The Kier molecular flexibility index (Phi) is 30.2. The zero-order chi connectivity index (χ0) is 74.3. The Morgan fingerprint density at radius 1 is 0.500 bits per heavy atom. The van der Waals surface area contributed by atoms with Crippen LogP contribution in [0.5, 0.6) is 0 Å². The fourth-order valence-corrected chi connectivity index (χ4v) is 13.7. The second-order valence-corrected chi connectivity index (χ2v) is 29.6. The molecule has 100 heavy (non-hydrogen) atoms. The molecule has 34 nitrogen and oxygen atoms in total. The lowest BCUT2D eigenvalue weighted by molar-refractivity contribution is -0.873. The van der Waals surface area contributed by atoms with Crippen LogP contribution in [0.4, 0.5) is 17.1 Å². The minimum absolute atomic E-state index is 0.0484. The summed E-state index contributed by atoms with van der Waals surface area (Å²) in [5, 5.41) is 141. The quantitative estimate of drug-likeness (QED) is 0.0209. The summed E-state index contributed by atoms with van der Waals surface area (Å²) in [5.74, 6) is -5.45. The summed E-state index contributed by atoms with van der Waals surface area (Å²) in [6, 6.07) is 12.8. The molecule has 2 aliphatic heterocycles. The molecule has 9 N–H and O–H groups in total. The first kappa shape index (κ1) is 82.5. The molecule has 3 aromatic rings. The number of aliphatic carboxylic acids is 3. The Hall–Kier alpha value is -6.49. The Balaban J connectivity index is 1.60. The number of carbonyl (C=O) groups is 3. The van der Waals surface area contributed by atoms with Crippen LogP contribution in [-0.4, -0.2) is 347 Å². The van der Waals surface area contributed by atoms with E-state index < -0.39 is 175 Å². The summed E-state index contributed by atoms with van der Waals surface area (Å²) in [5.41, 5.74) is 0.747. The first-order chi connectivity index (χ1) is 46.7. The highest BCUT2D eigenvalue weighted by Gasteiger charge is 2.56. The SMILES string of the molecule is C[C@@H]1[C@@H](COCC(=O)O)C[C@@H](O[C@H]2[C@H](O)[C@@H](N(Cc3ccc([N+](=O)[O-])cc3)CC(O)C[N+](C)(C)C)[C@H](O[C@H]3[C@H](O)[C@@H](N(Cc4ccc([N+](=O)[O-])cc4)CC(O)C[N+](C)(C)C)[C@H](C)O[C@@H]3COCC(=O)O)O[C@@H]2COCC(=O)O)[C@H](N(Cc2ccc([N+](=O)[O-])cc2)CC(O)C[N+](C)(C)C)[C@H]1O.